The van der Waals surface area contributed by atoms with E-state index in [2.05, 4.69) is 17.0 Å². The number of piperazine rings is 1. The van der Waals surface area contributed by atoms with Gasteiger partial charge in [-0.1, -0.05) is 35.9 Å². The van der Waals surface area contributed by atoms with Crippen molar-refractivity contribution in [2.75, 3.05) is 26.2 Å². The second kappa shape index (κ2) is 7.61. The molecule has 27 heavy (non-hydrogen) atoms. The molecule has 2 fully saturated rings. The number of hydrogen-bond acceptors (Lipinski definition) is 2. The van der Waals surface area contributed by atoms with Crippen molar-refractivity contribution in [3.05, 3.63) is 70.0 Å². The van der Waals surface area contributed by atoms with E-state index in [4.69, 9.17) is 11.6 Å². The lowest BCUT2D eigenvalue weighted by Gasteiger charge is -2.46. The first-order valence-corrected chi connectivity index (χ1v) is 9.94. The Kier molecular flexibility index (Phi) is 5.20. The zero-order valence-corrected chi connectivity index (χ0v) is 16.3. The monoisotopic (exact) mass is 386 g/mol. The zero-order chi connectivity index (χ0) is 19.0. The first-order valence-electron chi connectivity index (χ1n) is 9.57. The average molecular weight is 387 g/mol. The van der Waals surface area contributed by atoms with Crippen molar-refractivity contribution in [1.29, 1.82) is 0 Å². The molecule has 2 heterocycles. The van der Waals surface area contributed by atoms with E-state index in [-0.39, 0.29) is 11.5 Å². The summed E-state index contributed by atoms with van der Waals surface area (Å²) in [5, 5.41) is 0.767. The third-order valence-corrected chi connectivity index (χ3v) is 6.21. The van der Waals surface area contributed by atoms with Gasteiger partial charge in [0.1, 0.15) is 5.82 Å². The fraction of sp³-hybridized carbons (Fsp3) is 0.409. The van der Waals surface area contributed by atoms with Crippen LogP contribution in [0.5, 0.6) is 0 Å². The van der Waals surface area contributed by atoms with Gasteiger partial charge in [-0.15, -0.1) is 0 Å². The predicted octanol–water partition coefficient (Wildman–Crippen LogP) is 4.49. The molecule has 0 spiro atoms. The molecule has 1 amide bonds. The van der Waals surface area contributed by atoms with Crippen molar-refractivity contribution in [1.82, 2.24) is 9.80 Å². The highest BCUT2D eigenvalue weighted by Crippen LogP contribution is 2.32. The summed E-state index contributed by atoms with van der Waals surface area (Å²) in [5.41, 5.74) is 2.04. The van der Waals surface area contributed by atoms with Gasteiger partial charge < -0.3 is 4.90 Å². The summed E-state index contributed by atoms with van der Waals surface area (Å²) in [6.45, 7) is 4.87. The Hall–Kier alpha value is -1.91. The highest BCUT2D eigenvalue weighted by atomic mass is 35.5. The van der Waals surface area contributed by atoms with Crippen LogP contribution in [0.1, 0.15) is 40.2 Å². The van der Waals surface area contributed by atoms with Crippen molar-refractivity contribution in [2.24, 2.45) is 0 Å². The summed E-state index contributed by atoms with van der Waals surface area (Å²) in [6.07, 6.45) is 2.15. The van der Waals surface area contributed by atoms with Crippen LogP contribution in [0.25, 0.3) is 0 Å². The second-order valence-electron chi connectivity index (χ2n) is 7.66. The quantitative estimate of drug-likeness (QED) is 0.759. The molecule has 2 aromatic rings. The van der Waals surface area contributed by atoms with Gasteiger partial charge in [0.25, 0.3) is 5.91 Å². The molecule has 0 radical (unpaired) electrons. The van der Waals surface area contributed by atoms with E-state index in [1.165, 1.54) is 5.56 Å². The minimum atomic E-state index is -0.392. The minimum Gasteiger partial charge on any atom is -0.336 e. The van der Waals surface area contributed by atoms with Crippen LogP contribution >= 0.6 is 11.6 Å². The number of hydrogen-bond donors (Lipinski definition) is 0. The number of rotatable bonds is 2. The third kappa shape index (κ3) is 3.74. The van der Waals surface area contributed by atoms with E-state index in [1.54, 1.807) is 25.1 Å². The van der Waals surface area contributed by atoms with Crippen LogP contribution in [-0.2, 0) is 0 Å². The van der Waals surface area contributed by atoms with E-state index in [9.17, 15) is 9.18 Å². The van der Waals surface area contributed by atoms with Crippen LogP contribution in [-0.4, -0.2) is 47.9 Å². The van der Waals surface area contributed by atoms with Crippen LogP contribution in [0.3, 0.4) is 0 Å². The Balaban J connectivity index is 1.42. The van der Waals surface area contributed by atoms with E-state index < -0.39 is 5.82 Å². The molecular formula is C22H24ClFN2O. The van der Waals surface area contributed by atoms with Crippen LogP contribution in [0.4, 0.5) is 4.39 Å². The first kappa shape index (κ1) is 18.5. The summed E-state index contributed by atoms with van der Waals surface area (Å²) >= 11 is 6.00. The molecule has 3 nitrogen and oxygen atoms in total. The molecule has 2 saturated heterocycles. The van der Waals surface area contributed by atoms with Gasteiger partial charge in [0.2, 0.25) is 0 Å². The summed E-state index contributed by atoms with van der Waals surface area (Å²) < 4.78 is 14.3. The van der Waals surface area contributed by atoms with Crippen molar-refractivity contribution in [3.8, 4) is 0 Å². The predicted molar refractivity (Wildman–Crippen MR) is 106 cm³/mol. The lowest BCUT2D eigenvalue weighted by atomic mass is 9.86. The fourth-order valence-electron chi connectivity index (χ4n) is 4.35. The van der Waals surface area contributed by atoms with Crippen LogP contribution in [0.2, 0.25) is 5.02 Å². The summed E-state index contributed by atoms with van der Waals surface area (Å²) in [5.74, 6) is -0.0676. The molecule has 2 aliphatic rings. The van der Waals surface area contributed by atoms with Crippen LogP contribution in [0.15, 0.2) is 42.5 Å². The Morgan fingerprint density at radius 1 is 1.07 bits per heavy atom. The molecule has 142 valence electrons. The lowest BCUT2D eigenvalue weighted by Crippen LogP contribution is -2.57. The average Bonchev–Trinajstić information content (AvgIpc) is 2.69. The van der Waals surface area contributed by atoms with Crippen molar-refractivity contribution in [2.45, 2.75) is 31.7 Å². The van der Waals surface area contributed by atoms with Gasteiger partial charge in [-0.3, -0.25) is 9.69 Å². The van der Waals surface area contributed by atoms with Gasteiger partial charge in [-0.05, 0) is 55.0 Å². The number of carbonyl (C=O) groups is 1. The molecule has 0 unspecified atom stereocenters. The number of halogens is 2. The van der Waals surface area contributed by atoms with Gasteiger partial charge in [0, 0.05) is 37.2 Å². The molecule has 2 atom stereocenters. The smallest absolute Gasteiger partial charge is 0.256 e. The highest BCUT2D eigenvalue weighted by molar-refractivity contribution is 6.30. The van der Waals surface area contributed by atoms with Crippen molar-refractivity contribution in [3.63, 3.8) is 0 Å². The molecular weight excluding hydrogens is 363 g/mol. The number of piperidine rings is 1. The van der Waals surface area contributed by atoms with Crippen molar-refractivity contribution < 1.29 is 9.18 Å². The Morgan fingerprint density at radius 2 is 1.85 bits per heavy atom. The van der Waals surface area contributed by atoms with E-state index in [0.717, 1.165) is 31.0 Å². The molecule has 2 aromatic carbocycles. The minimum absolute atomic E-state index is 0.185. The third-order valence-electron chi connectivity index (χ3n) is 5.96. The molecule has 4 rings (SSSR count). The zero-order valence-electron chi connectivity index (χ0n) is 15.5. The topological polar surface area (TPSA) is 23.6 Å². The number of nitrogens with zero attached hydrogens (tertiary/aromatic N) is 2. The first-order chi connectivity index (χ1) is 13.0. The maximum Gasteiger partial charge on any atom is 0.256 e. The molecule has 0 aromatic heterocycles. The molecule has 0 saturated carbocycles. The number of aryl methyl sites for hydroxylation is 1. The second-order valence-corrected chi connectivity index (χ2v) is 8.10. The van der Waals surface area contributed by atoms with Gasteiger partial charge in [-0.2, -0.15) is 0 Å². The van der Waals surface area contributed by atoms with Gasteiger partial charge >= 0.3 is 0 Å². The standard InChI is InChI=1S/C22H24ClFN2O/c1-15-3-2-4-20(21(15)24)22(27)26-12-11-25-13-17(7-10-19(25)14-26)16-5-8-18(23)9-6-16/h2-6,8-9,17,19H,7,10-14H2,1H3/t17-,19+/m0/s1. The van der Waals surface area contributed by atoms with E-state index >= 15 is 0 Å². The molecule has 0 bridgehead atoms. The SMILES string of the molecule is Cc1cccc(C(=O)N2CCN3C[C@@H](c4ccc(Cl)cc4)CC[C@@H]3C2)c1F. The number of fused-ring (bicyclic) bond motifs is 1. The highest BCUT2D eigenvalue weighted by Gasteiger charge is 2.35. The number of amides is 1. The summed E-state index contributed by atoms with van der Waals surface area (Å²) in [7, 11) is 0. The Morgan fingerprint density at radius 3 is 2.63 bits per heavy atom. The summed E-state index contributed by atoms with van der Waals surface area (Å²) in [4.78, 5) is 17.1. The largest absolute Gasteiger partial charge is 0.336 e. The lowest BCUT2D eigenvalue weighted by molar-refractivity contribution is 0.0326. The van der Waals surface area contributed by atoms with E-state index in [0.29, 0.717) is 30.6 Å². The Bertz CT molecular complexity index is 839. The number of benzene rings is 2. The molecule has 5 heteroatoms. The normalized spacial score (nSPS) is 23.1. The maximum atomic E-state index is 14.3. The molecule has 0 N–H and O–H groups in total. The molecule has 0 aliphatic carbocycles. The number of carbonyl (C=O) groups excluding carboxylic acids is 1. The molecule has 2 aliphatic heterocycles. The van der Waals surface area contributed by atoms with Gasteiger partial charge in [0.15, 0.2) is 0 Å². The van der Waals surface area contributed by atoms with Gasteiger partial charge in [-0.25, -0.2) is 4.39 Å². The van der Waals surface area contributed by atoms with Gasteiger partial charge in [0.05, 0.1) is 5.56 Å². The summed E-state index contributed by atoms with van der Waals surface area (Å²) in [6, 6.07) is 13.5. The fourth-order valence-corrected chi connectivity index (χ4v) is 4.48. The van der Waals surface area contributed by atoms with E-state index in [1.807, 2.05) is 17.0 Å². The van der Waals surface area contributed by atoms with Crippen molar-refractivity contribution >= 4 is 17.5 Å². The Labute approximate surface area is 164 Å². The maximum absolute atomic E-state index is 14.3. The van der Waals surface area contributed by atoms with Crippen LogP contribution < -0.4 is 0 Å². The van der Waals surface area contributed by atoms with Crippen LogP contribution in [0, 0.1) is 12.7 Å².